The number of benzene rings is 10. The summed E-state index contributed by atoms with van der Waals surface area (Å²) < 4.78 is 0. The fourth-order valence-electron chi connectivity index (χ4n) is 11.5. The molecule has 0 unspecified atom stereocenters. The van der Waals surface area contributed by atoms with Crippen molar-refractivity contribution in [3.63, 3.8) is 0 Å². The van der Waals surface area contributed by atoms with Crippen LogP contribution in [0.4, 0.5) is 0 Å². The molecule has 0 N–H and O–H groups in total. The van der Waals surface area contributed by atoms with Gasteiger partial charge in [0.25, 0.3) is 0 Å². The first kappa shape index (κ1) is 27.9. The molecule has 10 aromatic rings. The van der Waals surface area contributed by atoms with Gasteiger partial charge in [-0.05, 0) is 111 Å². The van der Waals surface area contributed by atoms with E-state index in [1.807, 2.05) is 0 Å². The van der Waals surface area contributed by atoms with Crippen LogP contribution in [0.1, 0.15) is 0 Å². The van der Waals surface area contributed by atoms with Gasteiger partial charge in [-0.15, -0.1) is 0 Å². The Hall–Kier alpha value is -6.63. The SMILES string of the molecule is c1ccc(-c2cc3c4c(cc5c(-c6ccccc6)cc6c7c(cc2c4c57)-c2cccc4c2B6c2ccccc2-4)-c2cccc4c2B3c2ccccc2-4)cc1. The Labute approximate surface area is 313 Å². The van der Waals surface area contributed by atoms with Gasteiger partial charge in [0.1, 0.15) is 0 Å². The topological polar surface area (TPSA) is 0 Å². The minimum atomic E-state index is 0.192. The Morgan fingerprint density at radius 2 is 0.611 bits per heavy atom. The molecule has 0 atom stereocenters. The van der Waals surface area contributed by atoms with Gasteiger partial charge in [-0.25, -0.2) is 0 Å². The van der Waals surface area contributed by atoms with E-state index in [1.54, 1.807) is 0 Å². The predicted molar refractivity (Wildman–Crippen MR) is 232 cm³/mol. The van der Waals surface area contributed by atoms with Crippen LogP contribution in [-0.4, -0.2) is 13.4 Å². The van der Waals surface area contributed by atoms with Gasteiger partial charge in [0.2, 0.25) is 13.4 Å². The van der Waals surface area contributed by atoms with Crippen molar-refractivity contribution in [3.05, 3.63) is 170 Å². The zero-order chi connectivity index (χ0) is 34.8. The lowest BCUT2D eigenvalue weighted by Gasteiger charge is -2.32. The third-order valence-electron chi connectivity index (χ3n) is 13.4. The molecule has 242 valence electrons. The Morgan fingerprint density at radius 1 is 0.241 bits per heavy atom. The molecule has 0 aliphatic carbocycles. The third-order valence-corrected chi connectivity index (χ3v) is 13.4. The van der Waals surface area contributed by atoms with E-state index in [2.05, 4.69) is 170 Å². The summed E-state index contributed by atoms with van der Waals surface area (Å²) in [5.41, 5.74) is 24.9. The van der Waals surface area contributed by atoms with Crippen molar-refractivity contribution >= 4 is 78.5 Å². The van der Waals surface area contributed by atoms with Gasteiger partial charge < -0.3 is 0 Å². The average molecular weight is 674 g/mol. The van der Waals surface area contributed by atoms with Crippen LogP contribution >= 0.6 is 0 Å². The van der Waals surface area contributed by atoms with Crippen molar-refractivity contribution in [3.8, 4) is 66.8 Å². The van der Waals surface area contributed by atoms with Gasteiger partial charge in [-0.2, -0.15) is 0 Å². The summed E-state index contributed by atoms with van der Waals surface area (Å²) in [5.74, 6) is 0. The fraction of sp³-hybridized carbons (Fsp3) is 0. The minimum Gasteiger partial charge on any atom is -0.0664 e. The van der Waals surface area contributed by atoms with Crippen LogP contribution < -0.4 is 32.8 Å². The highest BCUT2D eigenvalue weighted by Gasteiger charge is 2.44. The molecule has 0 saturated carbocycles. The first-order valence-electron chi connectivity index (χ1n) is 19.3. The summed E-state index contributed by atoms with van der Waals surface area (Å²) in [4.78, 5) is 0. The molecule has 4 aliphatic rings. The number of hydrogen-bond donors (Lipinski definition) is 0. The number of rotatable bonds is 2. The zero-order valence-corrected chi connectivity index (χ0v) is 29.3. The first-order chi connectivity index (χ1) is 26.8. The van der Waals surface area contributed by atoms with Crippen LogP contribution in [-0.2, 0) is 0 Å². The summed E-state index contributed by atoms with van der Waals surface area (Å²) in [6.07, 6.45) is 0. The lowest BCUT2D eigenvalue weighted by Crippen LogP contribution is -2.52. The summed E-state index contributed by atoms with van der Waals surface area (Å²) in [5, 5.41) is 8.40. The highest BCUT2D eigenvalue weighted by atomic mass is 14.3. The Morgan fingerprint density at radius 3 is 1.06 bits per heavy atom. The lowest BCUT2D eigenvalue weighted by atomic mass is 9.34. The molecule has 0 radical (unpaired) electrons. The molecular formula is C52H28B2. The summed E-state index contributed by atoms with van der Waals surface area (Å²) in [6, 6.07) is 65.0. The van der Waals surface area contributed by atoms with Crippen LogP contribution in [0.5, 0.6) is 0 Å². The van der Waals surface area contributed by atoms with Gasteiger partial charge in [0.15, 0.2) is 0 Å². The molecule has 54 heavy (non-hydrogen) atoms. The second kappa shape index (κ2) is 9.67. The lowest BCUT2D eigenvalue weighted by molar-refractivity contribution is 1.64. The molecule has 0 amide bonds. The Bertz CT molecular complexity index is 3100. The van der Waals surface area contributed by atoms with Gasteiger partial charge in [0, 0.05) is 0 Å². The molecule has 0 spiro atoms. The molecule has 2 heteroatoms. The maximum Gasteiger partial charge on any atom is 0.244 e. The van der Waals surface area contributed by atoms with E-state index in [0.29, 0.717) is 0 Å². The molecule has 4 aliphatic heterocycles. The standard InChI is InChI=1S/C52H28B2/c1-3-13-29(14-4-1)37-27-45-47-40(36-22-12-19-33-31-17-7-9-23-43(31)53(45)51(33)36)26-42-38(30-15-5-2-6-16-30)28-46-48-39(25-41(37)49(47)50(42)48)35-21-11-20-34-32-18-8-10-24-44(32)54(46)52(34)35/h1-28H. The van der Waals surface area contributed by atoms with E-state index in [1.165, 1.54) is 132 Å². The minimum absolute atomic E-state index is 0.192. The van der Waals surface area contributed by atoms with Gasteiger partial charge in [-0.3, -0.25) is 0 Å². The van der Waals surface area contributed by atoms with E-state index in [-0.39, 0.29) is 13.4 Å². The monoisotopic (exact) mass is 674 g/mol. The molecular weight excluding hydrogens is 646 g/mol. The maximum atomic E-state index is 2.59. The number of hydrogen-bond acceptors (Lipinski definition) is 0. The van der Waals surface area contributed by atoms with Crippen LogP contribution in [0.2, 0.25) is 0 Å². The molecule has 0 fully saturated rings. The first-order valence-corrected chi connectivity index (χ1v) is 19.3. The summed E-state index contributed by atoms with van der Waals surface area (Å²) >= 11 is 0. The van der Waals surface area contributed by atoms with Crippen molar-refractivity contribution in [2.24, 2.45) is 0 Å². The van der Waals surface area contributed by atoms with E-state index >= 15 is 0 Å². The van der Waals surface area contributed by atoms with E-state index in [0.717, 1.165) is 0 Å². The van der Waals surface area contributed by atoms with Crippen LogP contribution in [0.25, 0.3) is 99.1 Å². The molecule has 10 aromatic carbocycles. The highest BCUT2D eigenvalue weighted by molar-refractivity contribution is 7.03. The Balaban J connectivity index is 1.26. The second-order valence-corrected chi connectivity index (χ2v) is 15.8. The van der Waals surface area contributed by atoms with Gasteiger partial charge >= 0.3 is 0 Å². The molecule has 0 nitrogen and oxygen atoms in total. The maximum absolute atomic E-state index is 2.59. The molecule has 0 saturated heterocycles. The van der Waals surface area contributed by atoms with Crippen molar-refractivity contribution < 1.29 is 0 Å². The molecule has 0 bridgehead atoms. The van der Waals surface area contributed by atoms with Crippen LogP contribution in [0, 0.1) is 0 Å². The van der Waals surface area contributed by atoms with Crippen molar-refractivity contribution in [2.45, 2.75) is 0 Å². The van der Waals surface area contributed by atoms with E-state index in [9.17, 15) is 0 Å². The fourth-order valence-corrected chi connectivity index (χ4v) is 11.5. The van der Waals surface area contributed by atoms with Gasteiger partial charge in [-0.1, -0.05) is 191 Å². The van der Waals surface area contributed by atoms with E-state index in [4.69, 9.17) is 0 Å². The quantitative estimate of drug-likeness (QED) is 0.127. The third kappa shape index (κ3) is 3.19. The van der Waals surface area contributed by atoms with Crippen molar-refractivity contribution in [1.82, 2.24) is 0 Å². The number of fused-ring (bicyclic) bond motifs is 10. The van der Waals surface area contributed by atoms with Crippen LogP contribution in [0.15, 0.2) is 170 Å². The van der Waals surface area contributed by atoms with Crippen molar-refractivity contribution in [2.75, 3.05) is 0 Å². The molecule has 4 heterocycles. The molecule has 0 aromatic heterocycles. The summed E-state index contributed by atoms with van der Waals surface area (Å²) in [6.45, 7) is 0.384. The van der Waals surface area contributed by atoms with E-state index < -0.39 is 0 Å². The second-order valence-electron chi connectivity index (χ2n) is 15.8. The molecule has 14 rings (SSSR count). The Kier molecular flexibility index (Phi) is 5.00. The largest absolute Gasteiger partial charge is 0.244 e. The smallest absolute Gasteiger partial charge is 0.0664 e. The normalized spacial score (nSPS) is 13.5. The van der Waals surface area contributed by atoms with Crippen molar-refractivity contribution in [1.29, 1.82) is 0 Å². The zero-order valence-electron chi connectivity index (χ0n) is 29.3. The average Bonchev–Trinajstić information content (AvgIpc) is 3.76. The highest BCUT2D eigenvalue weighted by Crippen LogP contribution is 2.51. The van der Waals surface area contributed by atoms with Crippen LogP contribution in [0.3, 0.4) is 0 Å². The summed E-state index contributed by atoms with van der Waals surface area (Å²) in [7, 11) is 0. The predicted octanol–water partition coefficient (Wildman–Crippen LogP) is 8.87. The van der Waals surface area contributed by atoms with Gasteiger partial charge in [0.05, 0.1) is 0 Å².